The van der Waals surface area contributed by atoms with Gasteiger partial charge in [0, 0.05) is 19.6 Å². The molecule has 1 radical (unpaired) electrons. The van der Waals surface area contributed by atoms with Gasteiger partial charge in [0.2, 0.25) is 5.91 Å². The Hall–Kier alpha value is -0.610. The Morgan fingerprint density at radius 3 is 2.90 bits per heavy atom. The van der Waals surface area contributed by atoms with E-state index in [4.69, 9.17) is 5.73 Å². The van der Waals surface area contributed by atoms with Crippen molar-refractivity contribution >= 4 is 5.91 Å². The van der Waals surface area contributed by atoms with E-state index < -0.39 is 0 Å². The molecular formula is C6H12N3O. The third kappa shape index (κ3) is 1.68. The fourth-order valence-electron chi connectivity index (χ4n) is 1.01. The second-order valence-corrected chi connectivity index (χ2v) is 2.59. The molecule has 0 saturated carbocycles. The lowest BCUT2D eigenvalue weighted by atomic mass is 10.2. The second kappa shape index (κ2) is 2.98. The summed E-state index contributed by atoms with van der Waals surface area (Å²) in [5.41, 5.74) is 5.07. The number of amides is 1. The van der Waals surface area contributed by atoms with Crippen molar-refractivity contribution in [1.82, 2.24) is 10.2 Å². The van der Waals surface area contributed by atoms with Crippen LogP contribution in [0.3, 0.4) is 0 Å². The van der Waals surface area contributed by atoms with Crippen molar-refractivity contribution in [2.45, 2.75) is 6.04 Å². The van der Waals surface area contributed by atoms with E-state index in [0.29, 0.717) is 6.54 Å². The SMILES string of the molecule is CN1CC[N]C(C(N)=O)C1. The maximum absolute atomic E-state index is 10.6. The van der Waals surface area contributed by atoms with Gasteiger partial charge in [-0.3, -0.25) is 4.79 Å². The average molecular weight is 142 g/mol. The zero-order valence-electron chi connectivity index (χ0n) is 6.08. The molecule has 0 aromatic carbocycles. The predicted octanol–water partition coefficient (Wildman–Crippen LogP) is -1.61. The fourth-order valence-corrected chi connectivity index (χ4v) is 1.01. The van der Waals surface area contributed by atoms with Crippen LogP contribution in [0.2, 0.25) is 0 Å². The number of nitrogens with zero attached hydrogens (tertiary/aromatic N) is 2. The Kier molecular flexibility index (Phi) is 2.24. The van der Waals surface area contributed by atoms with Gasteiger partial charge in [-0.2, -0.15) is 0 Å². The van der Waals surface area contributed by atoms with Crippen molar-refractivity contribution in [2.24, 2.45) is 5.73 Å². The van der Waals surface area contributed by atoms with Crippen LogP contribution in [0.25, 0.3) is 0 Å². The molecule has 0 aromatic heterocycles. The van der Waals surface area contributed by atoms with Gasteiger partial charge >= 0.3 is 0 Å². The van der Waals surface area contributed by atoms with Gasteiger partial charge in [0.1, 0.15) is 6.04 Å². The molecule has 0 spiro atoms. The number of piperazine rings is 1. The monoisotopic (exact) mass is 142 g/mol. The number of hydrogen-bond acceptors (Lipinski definition) is 2. The van der Waals surface area contributed by atoms with Crippen LogP contribution in [0.15, 0.2) is 0 Å². The lowest BCUT2D eigenvalue weighted by molar-refractivity contribution is -0.121. The molecule has 1 aliphatic heterocycles. The molecular weight excluding hydrogens is 130 g/mol. The molecule has 57 valence electrons. The quantitative estimate of drug-likeness (QED) is 0.479. The van der Waals surface area contributed by atoms with Crippen molar-refractivity contribution in [3.63, 3.8) is 0 Å². The fraction of sp³-hybridized carbons (Fsp3) is 0.833. The van der Waals surface area contributed by atoms with E-state index in [0.717, 1.165) is 13.1 Å². The summed E-state index contributed by atoms with van der Waals surface area (Å²) < 4.78 is 0. The molecule has 1 saturated heterocycles. The molecule has 1 fully saturated rings. The molecule has 1 amide bonds. The minimum absolute atomic E-state index is 0.279. The summed E-state index contributed by atoms with van der Waals surface area (Å²) >= 11 is 0. The molecule has 1 heterocycles. The predicted molar refractivity (Wildman–Crippen MR) is 37.5 cm³/mol. The van der Waals surface area contributed by atoms with Gasteiger partial charge in [-0.05, 0) is 7.05 Å². The summed E-state index contributed by atoms with van der Waals surface area (Å²) in [7, 11) is 1.96. The number of primary amides is 1. The van der Waals surface area contributed by atoms with Crippen LogP contribution < -0.4 is 11.1 Å². The maximum atomic E-state index is 10.6. The van der Waals surface area contributed by atoms with Gasteiger partial charge in [-0.1, -0.05) is 0 Å². The molecule has 1 atom stereocenters. The van der Waals surface area contributed by atoms with E-state index in [1.165, 1.54) is 0 Å². The van der Waals surface area contributed by atoms with Crippen LogP contribution in [0, 0.1) is 0 Å². The lowest BCUT2D eigenvalue weighted by Crippen LogP contribution is -2.51. The van der Waals surface area contributed by atoms with Gasteiger partial charge < -0.3 is 10.6 Å². The van der Waals surface area contributed by atoms with E-state index in [1.54, 1.807) is 0 Å². The molecule has 1 rings (SSSR count). The number of rotatable bonds is 1. The van der Waals surface area contributed by atoms with Gasteiger partial charge in [0.15, 0.2) is 0 Å². The molecule has 4 nitrogen and oxygen atoms in total. The Labute approximate surface area is 60.4 Å². The average Bonchev–Trinajstić information content (AvgIpc) is 1.88. The highest BCUT2D eigenvalue weighted by Crippen LogP contribution is 1.95. The van der Waals surface area contributed by atoms with Crippen LogP contribution in [0.4, 0.5) is 0 Å². The van der Waals surface area contributed by atoms with Gasteiger partial charge in [0.25, 0.3) is 0 Å². The van der Waals surface area contributed by atoms with E-state index in [1.807, 2.05) is 7.05 Å². The number of carbonyl (C=O) groups excluding carboxylic acids is 1. The Morgan fingerprint density at radius 2 is 2.50 bits per heavy atom. The highest BCUT2D eigenvalue weighted by atomic mass is 16.1. The molecule has 10 heavy (non-hydrogen) atoms. The third-order valence-corrected chi connectivity index (χ3v) is 1.64. The van der Waals surface area contributed by atoms with Crippen molar-refractivity contribution < 1.29 is 4.79 Å². The molecule has 4 heteroatoms. The maximum Gasteiger partial charge on any atom is 0.237 e. The van der Waals surface area contributed by atoms with E-state index in [9.17, 15) is 4.79 Å². The third-order valence-electron chi connectivity index (χ3n) is 1.64. The number of carbonyl (C=O) groups is 1. The topological polar surface area (TPSA) is 60.4 Å². The molecule has 0 aliphatic carbocycles. The molecule has 1 aliphatic rings. The van der Waals surface area contributed by atoms with Crippen LogP contribution in [0.1, 0.15) is 0 Å². The minimum Gasteiger partial charge on any atom is -0.368 e. The van der Waals surface area contributed by atoms with Crippen LogP contribution >= 0.6 is 0 Å². The highest BCUT2D eigenvalue weighted by molar-refractivity contribution is 5.80. The van der Waals surface area contributed by atoms with Gasteiger partial charge in [0.05, 0.1) is 0 Å². The standard InChI is InChI=1S/C6H12N3O/c1-9-3-2-8-5(4-9)6(7)10/h5H,2-4H2,1H3,(H2,7,10). The summed E-state index contributed by atoms with van der Waals surface area (Å²) in [6, 6.07) is -0.279. The Bertz CT molecular complexity index is 137. The first-order valence-electron chi connectivity index (χ1n) is 3.34. The van der Waals surface area contributed by atoms with E-state index in [-0.39, 0.29) is 11.9 Å². The summed E-state index contributed by atoms with van der Waals surface area (Å²) in [4.78, 5) is 12.7. The number of likely N-dealkylation sites (N-methyl/N-ethyl adjacent to an activating group) is 1. The van der Waals surface area contributed by atoms with Crippen LogP contribution in [-0.2, 0) is 4.79 Å². The van der Waals surface area contributed by atoms with Crippen molar-refractivity contribution in [1.29, 1.82) is 0 Å². The summed E-state index contributed by atoms with van der Waals surface area (Å²) in [5.74, 6) is -0.313. The first-order chi connectivity index (χ1) is 4.70. The zero-order valence-corrected chi connectivity index (χ0v) is 6.08. The summed E-state index contributed by atoms with van der Waals surface area (Å²) in [6.07, 6.45) is 0. The molecule has 2 N–H and O–H groups in total. The number of hydrogen-bond donors (Lipinski definition) is 1. The highest BCUT2D eigenvalue weighted by Gasteiger charge is 2.21. The normalized spacial score (nSPS) is 28.3. The zero-order chi connectivity index (χ0) is 7.56. The second-order valence-electron chi connectivity index (χ2n) is 2.59. The first kappa shape index (κ1) is 7.50. The van der Waals surface area contributed by atoms with Crippen molar-refractivity contribution in [2.75, 3.05) is 26.7 Å². The van der Waals surface area contributed by atoms with E-state index >= 15 is 0 Å². The smallest absolute Gasteiger partial charge is 0.237 e. The summed E-state index contributed by atoms with van der Waals surface area (Å²) in [6.45, 7) is 2.34. The van der Waals surface area contributed by atoms with Crippen LogP contribution in [-0.4, -0.2) is 43.5 Å². The number of nitrogens with two attached hydrogens (primary N) is 1. The van der Waals surface area contributed by atoms with Gasteiger partial charge in [-0.15, -0.1) is 0 Å². The van der Waals surface area contributed by atoms with Crippen molar-refractivity contribution in [3.8, 4) is 0 Å². The van der Waals surface area contributed by atoms with Crippen LogP contribution in [0.5, 0.6) is 0 Å². The summed E-state index contributed by atoms with van der Waals surface area (Å²) in [5, 5.41) is 4.06. The molecule has 0 aromatic rings. The first-order valence-corrected chi connectivity index (χ1v) is 3.34. The van der Waals surface area contributed by atoms with Crippen molar-refractivity contribution in [3.05, 3.63) is 0 Å². The van der Waals surface area contributed by atoms with Gasteiger partial charge in [-0.25, -0.2) is 5.32 Å². The Balaban J connectivity index is 2.39. The van der Waals surface area contributed by atoms with E-state index in [2.05, 4.69) is 10.2 Å². The minimum atomic E-state index is -0.313. The largest absolute Gasteiger partial charge is 0.368 e. The lowest BCUT2D eigenvalue weighted by Gasteiger charge is -2.27. The Morgan fingerprint density at radius 1 is 1.80 bits per heavy atom. The molecule has 0 bridgehead atoms. The molecule has 1 unspecified atom stereocenters.